The monoisotopic (exact) mass is 784 g/mol. The van der Waals surface area contributed by atoms with Crippen LogP contribution in [0.4, 0.5) is 11.6 Å². The number of hydrogen-bond donors (Lipinski definition) is 0. The molecule has 0 unspecified atom stereocenters. The lowest BCUT2D eigenvalue weighted by atomic mass is 9.94. The molecule has 4 heterocycles. The molecule has 10 rings (SSSR count). The lowest BCUT2D eigenvalue weighted by molar-refractivity contribution is 0.927. The summed E-state index contributed by atoms with van der Waals surface area (Å²) >= 11 is 0. The largest absolute Gasteiger partial charge is 0.335 e. The second-order valence-corrected chi connectivity index (χ2v) is 14.4. The number of aliphatic imine (C=N–C) groups is 2. The lowest BCUT2D eigenvalue weighted by Gasteiger charge is -2.17. The number of nitrogens with zero attached hydrogens (tertiary/aromatic N) is 6. The molecular formula is C54H52N6. The van der Waals surface area contributed by atoms with Gasteiger partial charge in [0.25, 0.3) is 0 Å². The zero-order valence-corrected chi connectivity index (χ0v) is 35.8. The van der Waals surface area contributed by atoms with Crippen LogP contribution in [0.15, 0.2) is 168 Å². The summed E-state index contributed by atoms with van der Waals surface area (Å²) in [6.07, 6.45) is 8.02. The van der Waals surface area contributed by atoms with Crippen LogP contribution in [0.5, 0.6) is 0 Å². The summed E-state index contributed by atoms with van der Waals surface area (Å²) in [6, 6.07) is 53.3. The molecular weight excluding hydrogens is 733 g/mol. The summed E-state index contributed by atoms with van der Waals surface area (Å²) in [7, 11) is 4.10. The topological polar surface area (TPSA) is 44.4 Å². The summed E-state index contributed by atoms with van der Waals surface area (Å²) in [4.78, 5) is 9.28. The van der Waals surface area contributed by atoms with E-state index in [4.69, 9.17) is 0 Å². The fourth-order valence-corrected chi connectivity index (χ4v) is 8.49. The van der Waals surface area contributed by atoms with Crippen LogP contribution in [0.1, 0.15) is 41.5 Å². The van der Waals surface area contributed by atoms with E-state index in [1.54, 1.807) is 0 Å². The Morgan fingerprint density at radius 1 is 0.367 bits per heavy atom. The van der Waals surface area contributed by atoms with Crippen molar-refractivity contribution in [2.75, 3.05) is 0 Å². The molecule has 0 saturated heterocycles. The first-order valence-corrected chi connectivity index (χ1v) is 21.1. The van der Waals surface area contributed by atoms with E-state index in [9.17, 15) is 0 Å². The standard InChI is InChI=1S/C50H40N6.2C2H6/c1-5-51-49-28-37(31-53(49)3)34-23-33(24-35(25-34)38-29-50(52-6-2)54(4)32-38)36-26-39(55-45-19-11-7-15-41(45)42-16-8-12-20-46(42)55)30-40(27-36)56-47-21-13-9-17-43(47)44-18-10-14-22-48(44)56;2*1-2/h5-32H,1-4H3;2*1-2H3/b51-5-,52-6-;;. The fourth-order valence-electron chi connectivity index (χ4n) is 8.49. The van der Waals surface area contributed by atoms with E-state index in [0.29, 0.717) is 0 Å². The molecule has 0 bridgehead atoms. The molecule has 0 N–H and O–H groups in total. The molecule has 0 aliphatic rings. The van der Waals surface area contributed by atoms with Crippen molar-refractivity contribution < 1.29 is 0 Å². The Morgan fingerprint density at radius 3 is 1.00 bits per heavy atom. The quantitative estimate of drug-likeness (QED) is 0.145. The zero-order valence-electron chi connectivity index (χ0n) is 35.8. The predicted octanol–water partition coefficient (Wildman–Crippen LogP) is 15.1. The molecule has 0 fully saturated rings. The van der Waals surface area contributed by atoms with Gasteiger partial charge >= 0.3 is 0 Å². The van der Waals surface area contributed by atoms with E-state index < -0.39 is 0 Å². The van der Waals surface area contributed by atoms with E-state index in [-0.39, 0.29) is 0 Å². The summed E-state index contributed by atoms with van der Waals surface area (Å²) in [5.41, 5.74) is 13.6. The Morgan fingerprint density at radius 2 is 0.667 bits per heavy atom. The molecule has 0 saturated carbocycles. The highest BCUT2D eigenvalue weighted by Gasteiger charge is 2.19. The fraction of sp³-hybridized carbons (Fsp3) is 0.148. The van der Waals surface area contributed by atoms with Gasteiger partial charge in [-0.2, -0.15) is 0 Å². The molecule has 6 nitrogen and oxygen atoms in total. The highest BCUT2D eigenvalue weighted by molar-refractivity contribution is 6.10. The van der Waals surface area contributed by atoms with Crippen molar-refractivity contribution in [2.45, 2.75) is 41.5 Å². The maximum absolute atomic E-state index is 4.64. The van der Waals surface area contributed by atoms with Gasteiger partial charge in [-0.05, 0) is 109 Å². The van der Waals surface area contributed by atoms with Crippen molar-refractivity contribution in [1.29, 1.82) is 0 Å². The minimum atomic E-state index is 0.913. The molecule has 10 aromatic rings. The molecule has 0 radical (unpaired) electrons. The normalized spacial score (nSPS) is 11.5. The zero-order chi connectivity index (χ0) is 41.9. The van der Waals surface area contributed by atoms with Crippen molar-refractivity contribution in [3.05, 3.63) is 158 Å². The van der Waals surface area contributed by atoms with Crippen LogP contribution in [-0.4, -0.2) is 30.7 Å². The van der Waals surface area contributed by atoms with Gasteiger partial charge < -0.3 is 18.3 Å². The summed E-state index contributed by atoms with van der Waals surface area (Å²) < 4.78 is 9.02. The minimum Gasteiger partial charge on any atom is -0.335 e. The van der Waals surface area contributed by atoms with E-state index in [2.05, 4.69) is 200 Å². The summed E-state index contributed by atoms with van der Waals surface area (Å²) in [5.74, 6) is 1.83. The van der Waals surface area contributed by atoms with Gasteiger partial charge in [-0.3, -0.25) is 0 Å². The van der Waals surface area contributed by atoms with Crippen LogP contribution in [-0.2, 0) is 14.1 Å². The molecule has 0 aliphatic heterocycles. The third kappa shape index (κ3) is 6.94. The number of benzene rings is 6. The predicted molar refractivity (Wildman–Crippen MR) is 260 cm³/mol. The maximum Gasteiger partial charge on any atom is 0.132 e. The molecule has 6 aromatic carbocycles. The minimum absolute atomic E-state index is 0.913. The van der Waals surface area contributed by atoms with Crippen LogP contribution in [0, 0.1) is 0 Å². The van der Waals surface area contributed by atoms with E-state index >= 15 is 0 Å². The van der Waals surface area contributed by atoms with E-state index in [1.807, 2.05) is 54.0 Å². The van der Waals surface area contributed by atoms with E-state index in [0.717, 1.165) is 56.4 Å². The van der Waals surface area contributed by atoms with Gasteiger partial charge in [0.2, 0.25) is 0 Å². The van der Waals surface area contributed by atoms with Crippen molar-refractivity contribution in [3.63, 3.8) is 0 Å². The molecule has 60 heavy (non-hydrogen) atoms. The van der Waals surface area contributed by atoms with Crippen LogP contribution < -0.4 is 0 Å². The highest BCUT2D eigenvalue weighted by Crippen LogP contribution is 2.40. The second kappa shape index (κ2) is 17.0. The molecule has 0 spiro atoms. The third-order valence-electron chi connectivity index (χ3n) is 11.0. The molecule has 0 aliphatic carbocycles. The first-order valence-electron chi connectivity index (χ1n) is 21.1. The SMILES string of the molecule is C/C=N\c1cc(-c2cc(-c3cc(-n4c5ccccc5c5ccccc54)cc(-n4c5ccccc5c5ccccc54)c3)cc(-c3cc(/N=C\C)n(C)c3)c2)cn1C.CC.CC. The van der Waals surface area contributed by atoms with Crippen molar-refractivity contribution >= 4 is 67.7 Å². The highest BCUT2D eigenvalue weighted by atomic mass is 15.0. The second-order valence-electron chi connectivity index (χ2n) is 14.4. The van der Waals surface area contributed by atoms with Crippen LogP contribution in [0.25, 0.3) is 88.4 Å². The van der Waals surface area contributed by atoms with Gasteiger partial charge in [0.05, 0.1) is 22.1 Å². The summed E-state index contributed by atoms with van der Waals surface area (Å²) in [5, 5.41) is 4.95. The number of rotatable bonds is 7. The van der Waals surface area contributed by atoms with Gasteiger partial charge in [-0.25, -0.2) is 9.98 Å². The average molecular weight is 785 g/mol. The Labute approximate surface area is 353 Å². The van der Waals surface area contributed by atoms with Gasteiger partial charge in [0.15, 0.2) is 0 Å². The first-order chi connectivity index (χ1) is 29.5. The number of fused-ring (bicyclic) bond motifs is 6. The lowest BCUT2D eigenvalue weighted by Crippen LogP contribution is -2.00. The van der Waals surface area contributed by atoms with Gasteiger partial charge in [-0.1, -0.05) is 100 Å². The molecule has 4 aromatic heterocycles. The molecule has 0 atom stereocenters. The Bertz CT molecular complexity index is 2880. The third-order valence-corrected chi connectivity index (χ3v) is 11.0. The van der Waals surface area contributed by atoms with E-state index in [1.165, 1.54) is 43.6 Å². The summed E-state index contributed by atoms with van der Waals surface area (Å²) in [6.45, 7) is 11.9. The number of aromatic nitrogens is 4. The Hall–Kier alpha value is -7.18. The van der Waals surface area contributed by atoms with Crippen LogP contribution in [0.2, 0.25) is 0 Å². The Balaban J connectivity index is 0.00000121. The molecule has 298 valence electrons. The Kier molecular flexibility index (Phi) is 11.2. The van der Waals surface area contributed by atoms with Gasteiger partial charge in [-0.15, -0.1) is 0 Å². The van der Waals surface area contributed by atoms with Crippen molar-refractivity contribution in [3.8, 4) is 44.8 Å². The van der Waals surface area contributed by atoms with Crippen LogP contribution >= 0.6 is 0 Å². The number of para-hydroxylation sites is 4. The average Bonchev–Trinajstić information content (AvgIpc) is 4.05. The van der Waals surface area contributed by atoms with Gasteiger partial charge in [0, 0.05) is 83.0 Å². The number of aryl methyl sites for hydroxylation is 2. The van der Waals surface area contributed by atoms with Crippen LogP contribution in [0.3, 0.4) is 0 Å². The number of hydrogen-bond acceptors (Lipinski definition) is 2. The maximum atomic E-state index is 4.64. The van der Waals surface area contributed by atoms with Gasteiger partial charge in [0.1, 0.15) is 11.6 Å². The first kappa shape index (κ1) is 39.6. The van der Waals surface area contributed by atoms with Crippen molar-refractivity contribution in [1.82, 2.24) is 18.3 Å². The smallest absolute Gasteiger partial charge is 0.132 e. The molecule has 0 amide bonds. The van der Waals surface area contributed by atoms with Crippen molar-refractivity contribution in [2.24, 2.45) is 24.1 Å². The molecule has 6 heteroatoms.